The molecule has 2 nitrogen and oxygen atoms in total. The lowest BCUT2D eigenvalue weighted by Gasteiger charge is -2.03. The van der Waals surface area contributed by atoms with Crippen LogP contribution in [0.15, 0.2) is 41.2 Å². The van der Waals surface area contributed by atoms with Gasteiger partial charge in [-0.3, -0.25) is 4.99 Å². The normalized spacial score (nSPS) is 13.5. The molecule has 0 rings (SSSR count). The Morgan fingerprint density at radius 1 is 1.46 bits per heavy atom. The summed E-state index contributed by atoms with van der Waals surface area (Å²) >= 11 is 0. The van der Waals surface area contributed by atoms with Crippen molar-refractivity contribution in [3.8, 4) is 0 Å². The molecule has 0 amide bonds. The van der Waals surface area contributed by atoms with Crippen LogP contribution < -0.4 is 0 Å². The number of nitrogens with zero attached hydrogens (tertiary/aromatic N) is 1. The van der Waals surface area contributed by atoms with E-state index in [9.17, 15) is 4.39 Å². The van der Waals surface area contributed by atoms with Crippen molar-refractivity contribution in [3.05, 3.63) is 36.2 Å². The molecule has 0 aromatic heterocycles. The van der Waals surface area contributed by atoms with Crippen LogP contribution in [0.1, 0.15) is 6.92 Å². The lowest BCUT2D eigenvalue weighted by atomic mass is 10.2. The van der Waals surface area contributed by atoms with Crippen molar-refractivity contribution in [2.24, 2.45) is 4.99 Å². The monoisotopic (exact) mass is 183 g/mol. The maximum absolute atomic E-state index is 12.3. The smallest absolute Gasteiger partial charge is 0.215 e. The number of rotatable bonds is 3. The molecule has 0 aromatic carbocycles. The molecule has 3 heteroatoms. The van der Waals surface area contributed by atoms with Gasteiger partial charge in [0.25, 0.3) is 0 Å². The average Bonchev–Trinajstić information content (AvgIpc) is 2.11. The lowest BCUT2D eigenvalue weighted by molar-refractivity contribution is 0.404. The number of aliphatic imine (C=N–C) groups is 1. The first-order chi connectivity index (χ1) is 6.15. The van der Waals surface area contributed by atoms with Crippen LogP contribution in [0.4, 0.5) is 4.39 Å². The van der Waals surface area contributed by atoms with Crippen LogP contribution in [-0.4, -0.2) is 20.1 Å². The molecule has 0 heterocycles. The molecular formula is C10H14FNO. The number of hydrogen-bond acceptors (Lipinski definition) is 2. The summed E-state index contributed by atoms with van der Waals surface area (Å²) in [6, 6.07) is 0. The molecular weight excluding hydrogens is 169 g/mol. The predicted molar refractivity (Wildman–Crippen MR) is 53.5 cm³/mol. The minimum atomic E-state index is -0.495. The van der Waals surface area contributed by atoms with Crippen molar-refractivity contribution >= 4 is 5.90 Å². The van der Waals surface area contributed by atoms with Gasteiger partial charge in [0.05, 0.1) is 7.11 Å². The zero-order valence-corrected chi connectivity index (χ0v) is 8.17. The second kappa shape index (κ2) is 6.17. The van der Waals surface area contributed by atoms with E-state index in [1.807, 2.05) is 6.92 Å². The van der Waals surface area contributed by atoms with Gasteiger partial charge in [-0.1, -0.05) is 12.7 Å². The number of ether oxygens (including phenoxy) is 1. The molecule has 0 radical (unpaired) electrons. The zero-order chi connectivity index (χ0) is 10.3. The highest BCUT2D eigenvalue weighted by atomic mass is 19.1. The fourth-order valence-electron chi connectivity index (χ4n) is 0.809. The first-order valence-electron chi connectivity index (χ1n) is 3.85. The van der Waals surface area contributed by atoms with Gasteiger partial charge in [0.1, 0.15) is 5.83 Å². The van der Waals surface area contributed by atoms with Crippen LogP contribution in [-0.2, 0) is 4.74 Å². The van der Waals surface area contributed by atoms with E-state index in [1.54, 1.807) is 19.2 Å². The van der Waals surface area contributed by atoms with E-state index in [2.05, 4.69) is 11.6 Å². The van der Waals surface area contributed by atoms with Crippen molar-refractivity contribution in [1.82, 2.24) is 0 Å². The molecule has 0 aliphatic carbocycles. The Labute approximate surface area is 78.1 Å². The van der Waals surface area contributed by atoms with E-state index in [-0.39, 0.29) is 0 Å². The standard InChI is InChI=1S/C10H14FNO/c1-5-9(7-6-8(2)11)10(12-3)13-4/h5-7H,2H2,1,3-4H3/b7-6-,9-5+,12-10?. The summed E-state index contributed by atoms with van der Waals surface area (Å²) in [4.78, 5) is 3.88. The molecule has 0 bridgehead atoms. The summed E-state index contributed by atoms with van der Waals surface area (Å²) in [6.07, 6.45) is 4.61. The van der Waals surface area contributed by atoms with Gasteiger partial charge in [0.15, 0.2) is 0 Å². The Balaban J connectivity index is 4.64. The SMILES string of the molecule is C=C(F)/C=C\C(=C/C)C(=NC)OC. The van der Waals surface area contributed by atoms with Crippen LogP contribution in [0.25, 0.3) is 0 Å². The maximum atomic E-state index is 12.3. The third-order valence-electron chi connectivity index (χ3n) is 1.40. The molecule has 0 saturated carbocycles. The molecule has 72 valence electrons. The number of methoxy groups -OCH3 is 1. The Morgan fingerprint density at radius 2 is 2.08 bits per heavy atom. The van der Waals surface area contributed by atoms with E-state index < -0.39 is 5.83 Å². The van der Waals surface area contributed by atoms with E-state index in [4.69, 9.17) is 4.74 Å². The third kappa shape index (κ3) is 4.25. The molecule has 13 heavy (non-hydrogen) atoms. The van der Waals surface area contributed by atoms with Crippen molar-refractivity contribution in [3.63, 3.8) is 0 Å². The minimum Gasteiger partial charge on any atom is -0.481 e. The van der Waals surface area contributed by atoms with Crippen molar-refractivity contribution < 1.29 is 9.13 Å². The summed E-state index contributed by atoms with van der Waals surface area (Å²) < 4.78 is 17.2. The highest BCUT2D eigenvalue weighted by Gasteiger charge is 2.00. The minimum absolute atomic E-state index is 0.472. The van der Waals surface area contributed by atoms with Gasteiger partial charge in [-0.15, -0.1) is 0 Å². The van der Waals surface area contributed by atoms with Crippen LogP contribution in [0.5, 0.6) is 0 Å². The predicted octanol–water partition coefficient (Wildman–Crippen LogP) is 2.65. The highest BCUT2D eigenvalue weighted by Crippen LogP contribution is 2.04. The molecule has 0 spiro atoms. The Hall–Kier alpha value is -1.38. The van der Waals surface area contributed by atoms with E-state index in [0.29, 0.717) is 5.90 Å². The topological polar surface area (TPSA) is 21.6 Å². The molecule has 0 saturated heterocycles. The first-order valence-corrected chi connectivity index (χ1v) is 3.85. The molecule has 0 unspecified atom stereocenters. The quantitative estimate of drug-likeness (QED) is 0.374. The fourth-order valence-corrected chi connectivity index (χ4v) is 0.809. The van der Waals surface area contributed by atoms with Gasteiger partial charge in [-0.25, -0.2) is 4.39 Å². The third-order valence-corrected chi connectivity index (χ3v) is 1.40. The van der Waals surface area contributed by atoms with Crippen molar-refractivity contribution in [2.75, 3.05) is 14.2 Å². The summed E-state index contributed by atoms with van der Waals surface area (Å²) in [6.45, 7) is 4.94. The van der Waals surface area contributed by atoms with E-state index in [0.717, 1.165) is 5.57 Å². The Morgan fingerprint density at radius 3 is 2.38 bits per heavy atom. The largest absolute Gasteiger partial charge is 0.481 e. The summed E-state index contributed by atoms with van der Waals surface area (Å²) in [5.41, 5.74) is 0.726. The molecule has 0 N–H and O–H groups in total. The van der Waals surface area contributed by atoms with Crippen molar-refractivity contribution in [1.29, 1.82) is 0 Å². The molecule has 0 aliphatic rings. The maximum Gasteiger partial charge on any atom is 0.215 e. The number of halogens is 1. The summed E-state index contributed by atoms with van der Waals surface area (Å²) in [7, 11) is 3.13. The van der Waals surface area contributed by atoms with Crippen LogP contribution >= 0.6 is 0 Å². The molecule has 0 aromatic rings. The van der Waals surface area contributed by atoms with Gasteiger partial charge in [0, 0.05) is 12.6 Å². The molecule has 0 atom stereocenters. The van der Waals surface area contributed by atoms with Crippen molar-refractivity contribution in [2.45, 2.75) is 6.92 Å². The van der Waals surface area contributed by atoms with Crippen LogP contribution in [0.2, 0.25) is 0 Å². The van der Waals surface area contributed by atoms with Gasteiger partial charge < -0.3 is 4.74 Å². The zero-order valence-electron chi connectivity index (χ0n) is 8.17. The van der Waals surface area contributed by atoms with Gasteiger partial charge in [-0.05, 0) is 19.1 Å². The lowest BCUT2D eigenvalue weighted by Crippen LogP contribution is -2.03. The van der Waals surface area contributed by atoms with Gasteiger partial charge in [-0.2, -0.15) is 0 Å². The van der Waals surface area contributed by atoms with Crippen LogP contribution in [0, 0.1) is 0 Å². The highest BCUT2D eigenvalue weighted by molar-refractivity contribution is 5.96. The van der Waals surface area contributed by atoms with E-state index in [1.165, 1.54) is 13.2 Å². The van der Waals surface area contributed by atoms with E-state index >= 15 is 0 Å². The fraction of sp³-hybridized carbons (Fsp3) is 0.300. The Kier molecular flexibility index (Phi) is 5.52. The molecule has 0 aliphatic heterocycles. The van der Waals surface area contributed by atoms with Gasteiger partial charge in [0.2, 0.25) is 5.90 Å². The average molecular weight is 183 g/mol. The Bertz CT molecular complexity index is 264. The number of hydrogen-bond donors (Lipinski definition) is 0. The summed E-state index contributed by atoms with van der Waals surface area (Å²) in [5.74, 6) is -0.0223. The second-order valence-corrected chi connectivity index (χ2v) is 2.26. The second-order valence-electron chi connectivity index (χ2n) is 2.26. The van der Waals surface area contributed by atoms with Crippen LogP contribution in [0.3, 0.4) is 0 Å². The number of allylic oxidation sites excluding steroid dienone is 3. The van der Waals surface area contributed by atoms with Gasteiger partial charge >= 0.3 is 0 Å². The first kappa shape index (κ1) is 11.6. The molecule has 0 fully saturated rings. The summed E-state index contributed by atoms with van der Waals surface area (Å²) in [5, 5.41) is 0.